The molecule has 0 fully saturated rings. The van der Waals surface area contributed by atoms with Crippen molar-refractivity contribution in [1.82, 2.24) is 5.32 Å². The molecule has 1 rings (SSSR count). The third-order valence-electron chi connectivity index (χ3n) is 3.01. The van der Waals surface area contributed by atoms with E-state index in [9.17, 15) is 4.79 Å². The molecule has 4 heteroatoms. The van der Waals surface area contributed by atoms with E-state index in [2.05, 4.69) is 31.4 Å². The average Bonchev–Trinajstić information content (AvgIpc) is 2.45. The third-order valence-corrected chi connectivity index (χ3v) is 3.01. The Kier molecular flexibility index (Phi) is 5.98. The molecule has 0 aliphatic carbocycles. The molecule has 0 atom stereocenters. The minimum Gasteiger partial charge on any atom is -0.360 e. The molecule has 1 amide bonds. The molecule has 4 nitrogen and oxygen atoms in total. The van der Waals surface area contributed by atoms with E-state index in [0.29, 0.717) is 6.54 Å². The van der Waals surface area contributed by atoms with Crippen molar-refractivity contribution in [2.24, 2.45) is 0 Å². The molecular weight excluding hydrogens is 262 g/mol. The molecule has 0 aliphatic rings. The van der Waals surface area contributed by atoms with E-state index in [1.807, 2.05) is 37.3 Å². The average molecular weight is 285 g/mol. The predicted octanol–water partition coefficient (Wildman–Crippen LogP) is 3.33. The van der Waals surface area contributed by atoms with E-state index in [4.69, 9.17) is 5.26 Å². The molecule has 21 heavy (non-hydrogen) atoms. The van der Waals surface area contributed by atoms with Crippen LogP contribution in [0.3, 0.4) is 0 Å². The van der Waals surface area contributed by atoms with Gasteiger partial charge in [-0.25, -0.2) is 0 Å². The summed E-state index contributed by atoms with van der Waals surface area (Å²) in [5.41, 5.74) is 2.09. The third kappa shape index (κ3) is 4.96. The predicted molar refractivity (Wildman–Crippen MR) is 85.8 cm³/mol. The zero-order valence-electron chi connectivity index (χ0n) is 13.2. The van der Waals surface area contributed by atoms with Crippen LogP contribution in [0.1, 0.15) is 39.7 Å². The highest BCUT2D eigenvalue weighted by Gasteiger charge is 2.17. The number of para-hydroxylation sites is 1. The molecule has 1 aromatic carbocycles. The number of carbonyl (C=O) groups excluding carboxylic acids is 1. The Hall–Kier alpha value is -2.28. The molecule has 1 aromatic rings. The van der Waals surface area contributed by atoms with Crippen LogP contribution in [0.4, 0.5) is 5.69 Å². The van der Waals surface area contributed by atoms with Gasteiger partial charge in [-0.1, -0.05) is 45.9 Å². The topological polar surface area (TPSA) is 64.9 Å². The Bertz CT molecular complexity index is 562. The molecular formula is C17H23N3O. The molecule has 0 heterocycles. The van der Waals surface area contributed by atoms with Gasteiger partial charge >= 0.3 is 0 Å². The van der Waals surface area contributed by atoms with Crippen LogP contribution in [-0.2, 0) is 10.2 Å². The van der Waals surface area contributed by atoms with Crippen molar-refractivity contribution < 1.29 is 4.79 Å². The summed E-state index contributed by atoms with van der Waals surface area (Å²) in [6.45, 7) is 8.90. The molecule has 0 unspecified atom stereocenters. The summed E-state index contributed by atoms with van der Waals surface area (Å²) < 4.78 is 0. The Balaban J connectivity index is 2.93. The van der Waals surface area contributed by atoms with Crippen LogP contribution in [0.15, 0.2) is 36.0 Å². The van der Waals surface area contributed by atoms with Crippen molar-refractivity contribution in [3.05, 3.63) is 41.6 Å². The van der Waals surface area contributed by atoms with Crippen molar-refractivity contribution in [2.45, 2.75) is 39.5 Å². The van der Waals surface area contributed by atoms with Crippen molar-refractivity contribution in [1.29, 1.82) is 5.26 Å². The van der Waals surface area contributed by atoms with E-state index in [1.165, 1.54) is 6.20 Å². The summed E-state index contributed by atoms with van der Waals surface area (Å²) in [6, 6.07) is 9.81. The van der Waals surface area contributed by atoms with E-state index < -0.39 is 0 Å². The number of anilines is 1. The van der Waals surface area contributed by atoms with Crippen molar-refractivity contribution in [2.75, 3.05) is 11.9 Å². The first-order chi connectivity index (χ1) is 9.90. The molecule has 0 saturated carbocycles. The van der Waals surface area contributed by atoms with Crippen molar-refractivity contribution in [3.8, 4) is 6.07 Å². The van der Waals surface area contributed by atoms with Crippen LogP contribution in [0.5, 0.6) is 0 Å². The highest BCUT2D eigenvalue weighted by molar-refractivity contribution is 5.97. The quantitative estimate of drug-likeness (QED) is 0.644. The van der Waals surface area contributed by atoms with Gasteiger partial charge in [0, 0.05) is 18.4 Å². The minimum absolute atomic E-state index is 0.0191. The maximum atomic E-state index is 11.8. The molecule has 0 spiro atoms. The van der Waals surface area contributed by atoms with Gasteiger partial charge in [-0.05, 0) is 23.5 Å². The second kappa shape index (κ2) is 7.49. The molecule has 0 aliphatic heterocycles. The second-order valence-corrected chi connectivity index (χ2v) is 5.87. The lowest BCUT2D eigenvalue weighted by Gasteiger charge is -2.22. The van der Waals surface area contributed by atoms with Gasteiger partial charge in [-0.3, -0.25) is 4.79 Å². The maximum Gasteiger partial charge on any atom is 0.263 e. The highest BCUT2D eigenvalue weighted by Crippen LogP contribution is 2.29. The van der Waals surface area contributed by atoms with Gasteiger partial charge in [0.1, 0.15) is 11.6 Å². The standard InChI is InChI=1S/C17H23N3O/c1-5-10-19-16(21)13(11-18)12-20-15-9-7-6-8-14(15)17(2,3)4/h6-9,12,20H,5,10H2,1-4H3,(H,19,21)/b13-12-. The van der Waals surface area contributed by atoms with Crippen LogP contribution >= 0.6 is 0 Å². The Morgan fingerprint density at radius 2 is 2.00 bits per heavy atom. The fourth-order valence-corrected chi connectivity index (χ4v) is 1.90. The molecule has 0 bridgehead atoms. The van der Waals surface area contributed by atoms with Gasteiger partial charge in [-0.2, -0.15) is 5.26 Å². The number of hydrogen-bond donors (Lipinski definition) is 2. The summed E-state index contributed by atoms with van der Waals surface area (Å²) in [4.78, 5) is 11.8. The number of nitrogens with one attached hydrogen (secondary N) is 2. The molecule has 0 aromatic heterocycles. The van der Waals surface area contributed by atoms with Crippen LogP contribution in [-0.4, -0.2) is 12.5 Å². The van der Waals surface area contributed by atoms with Crippen LogP contribution in [0, 0.1) is 11.3 Å². The summed E-state index contributed by atoms with van der Waals surface area (Å²) in [5.74, 6) is -0.347. The largest absolute Gasteiger partial charge is 0.360 e. The van der Waals surface area contributed by atoms with E-state index in [1.54, 1.807) is 0 Å². The smallest absolute Gasteiger partial charge is 0.263 e. The first kappa shape index (κ1) is 16.8. The molecule has 2 N–H and O–H groups in total. The van der Waals surface area contributed by atoms with Gasteiger partial charge in [0.2, 0.25) is 0 Å². The first-order valence-electron chi connectivity index (χ1n) is 7.14. The maximum absolute atomic E-state index is 11.8. The number of benzene rings is 1. The van der Waals surface area contributed by atoms with E-state index in [0.717, 1.165) is 17.7 Å². The van der Waals surface area contributed by atoms with E-state index >= 15 is 0 Å². The summed E-state index contributed by atoms with van der Waals surface area (Å²) in [5, 5.41) is 14.9. The minimum atomic E-state index is -0.347. The summed E-state index contributed by atoms with van der Waals surface area (Å²) in [6.07, 6.45) is 2.31. The lowest BCUT2D eigenvalue weighted by Crippen LogP contribution is -2.25. The Labute approximate surface area is 126 Å². The SMILES string of the molecule is CCCNC(=O)/C(C#N)=C\Nc1ccccc1C(C)(C)C. The zero-order chi connectivity index (χ0) is 15.9. The number of nitrogens with zero attached hydrogens (tertiary/aromatic N) is 1. The van der Waals surface area contributed by atoms with Gasteiger partial charge in [0.25, 0.3) is 5.91 Å². The second-order valence-electron chi connectivity index (χ2n) is 5.87. The number of hydrogen-bond acceptors (Lipinski definition) is 3. The normalized spacial score (nSPS) is 11.7. The fourth-order valence-electron chi connectivity index (χ4n) is 1.90. The molecule has 0 radical (unpaired) electrons. The number of rotatable bonds is 5. The Morgan fingerprint density at radius 3 is 2.57 bits per heavy atom. The first-order valence-corrected chi connectivity index (χ1v) is 7.14. The highest BCUT2D eigenvalue weighted by atomic mass is 16.1. The number of amides is 1. The number of carbonyl (C=O) groups is 1. The lowest BCUT2D eigenvalue weighted by molar-refractivity contribution is -0.117. The Morgan fingerprint density at radius 1 is 1.33 bits per heavy atom. The van der Waals surface area contributed by atoms with Gasteiger partial charge in [-0.15, -0.1) is 0 Å². The number of nitriles is 1. The fraction of sp³-hybridized carbons (Fsp3) is 0.412. The van der Waals surface area contributed by atoms with Crippen LogP contribution < -0.4 is 10.6 Å². The monoisotopic (exact) mass is 285 g/mol. The van der Waals surface area contributed by atoms with Crippen molar-refractivity contribution in [3.63, 3.8) is 0 Å². The van der Waals surface area contributed by atoms with Gasteiger partial charge in [0.05, 0.1) is 0 Å². The lowest BCUT2D eigenvalue weighted by atomic mass is 9.86. The van der Waals surface area contributed by atoms with Gasteiger partial charge in [0.15, 0.2) is 0 Å². The summed E-state index contributed by atoms with van der Waals surface area (Å²) >= 11 is 0. The van der Waals surface area contributed by atoms with Gasteiger partial charge < -0.3 is 10.6 Å². The summed E-state index contributed by atoms with van der Waals surface area (Å²) in [7, 11) is 0. The zero-order valence-corrected chi connectivity index (χ0v) is 13.2. The van der Waals surface area contributed by atoms with Crippen LogP contribution in [0.25, 0.3) is 0 Å². The molecule has 0 saturated heterocycles. The van der Waals surface area contributed by atoms with E-state index in [-0.39, 0.29) is 16.9 Å². The van der Waals surface area contributed by atoms with Crippen molar-refractivity contribution >= 4 is 11.6 Å². The van der Waals surface area contributed by atoms with Crippen LogP contribution in [0.2, 0.25) is 0 Å². The molecule has 112 valence electrons.